The van der Waals surface area contributed by atoms with Gasteiger partial charge in [0.1, 0.15) is 5.75 Å². The van der Waals surface area contributed by atoms with Gasteiger partial charge in [0.05, 0.1) is 12.6 Å². The van der Waals surface area contributed by atoms with Gasteiger partial charge in [-0.3, -0.25) is 4.79 Å². The fourth-order valence-electron chi connectivity index (χ4n) is 2.33. The number of nitrogens with two attached hydrogens (primary N) is 1. The number of nitrogen functional groups attached to an aromatic ring is 1. The average molecular weight is 335 g/mol. The van der Waals surface area contributed by atoms with Crippen LogP contribution in [0.25, 0.3) is 0 Å². The Kier molecular flexibility index (Phi) is 7.42. The van der Waals surface area contributed by atoms with Crippen LogP contribution in [0.4, 0.5) is 5.69 Å². The van der Waals surface area contributed by atoms with Gasteiger partial charge in [-0.1, -0.05) is 25.1 Å². The van der Waals surface area contributed by atoms with Crippen molar-refractivity contribution >= 4 is 24.0 Å². The molecule has 1 amide bonds. The second-order valence-electron chi connectivity index (χ2n) is 5.03. The van der Waals surface area contributed by atoms with Gasteiger partial charge in [0, 0.05) is 16.8 Å². The van der Waals surface area contributed by atoms with E-state index in [9.17, 15) is 4.79 Å². The molecule has 0 aliphatic heterocycles. The summed E-state index contributed by atoms with van der Waals surface area (Å²) in [4.78, 5) is 12.4. The van der Waals surface area contributed by atoms with Crippen molar-refractivity contribution in [1.82, 2.24) is 5.32 Å². The highest BCUT2D eigenvalue weighted by Crippen LogP contribution is 2.27. The van der Waals surface area contributed by atoms with Gasteiger partial charge in [0.15, 0.2) is 0 Å². The van der Waals surface area contributed by atoms with E-state index in [4.69, 9.17) is 10.5 Å². The lowest BCUT2D eigenvalue weighted by Gasteiger charge is -2.20. The Labute approximate surface area is 143 Å². The Morgan fingerprint density at radius 1 is 1.13 bits per heavy atom. The van der Waals surface area contributed by atoms with Crippen LogP contribution in [0, 0.1) is 0 Å². The van der Waals surface area contributed by atoms with Crippen LogP contribution in [0.2, 0.25) is 0 Å². The number of hydrogen-bond donors (Lipinski definition) is 2. The van der Waals surface area contributed by atoms with Gasteiger partial charge in [-0.15, -0.1) is 12.4 Å². The molecular weight excluding hydrogens is 312 g/mol. The third-order valence-corrected chi connectivity index (χ3v) is 3.48. The minimum atomic E-state index is -0.113. The molecule has 4 nitrogen and oxygen atoms in total. The highest BCUT2D eigenvalue weighted by atomic mass is 35.5. The Bertz CT molecular complexity index is 629. The smallest absolute Gasteiger partial charge is 0.251 e. The molecule has 0 saturated carbocycles. The Morgan fingerprint density at radius 2 is 1.78 bits per heavy atom. The zero-order valence-corrected chi connectivity index (χ0v) is 14.2. The largest absolute Gasteiger partial charge is 0.494 e. The number of anilines is 1. The SMILES string of the molecule is CCOc1ccccc1C(CC)NC(=O)c1ccc(N)cc1.Cl. The maximum Gasteiger partial charge on any atom is 0.251 e. The zero-order valence-electron chi connectivity index (χ0n) is 13.4. The van der Waals surface area contributed by atoms with E-state index in [0.717, 1.165) is 17.7 Å². The molecule has 0 heterocycles. The van der Waals surface area contributed by atoms with Crippen molar-refractivity contribution in [3.05, 3.63) is 59.7 Å². The summed E-state index contributed by atoms with van der Waals surface area (Å²) >= 11 is 0. The first-order valence-corrected chi connectivity index (χ1v) is 7.53. The summed E-state index contributed by atoms with van der Waals surface area (Å²) in [7, 11) is 0. The fourth-order valence-corrected chi connectivity index (χ4v) is 2.33. The number of ether oxygens (including phenoxy) is 1. The summed E-state index contributed by atoms with van der Waals surface area (Å²) in [5, 5.41) is 3.06. The molecule has 2 aromatic rings. The topological polar surface area (TPSA) is 64.3 Å². The summed E-state index contributed by atoms with van der Waals surface area (Å²) in [6, 6.07) is 14.6. The molecule has 2 aromatic carbocycles. The maximum atomic E-state index is 12.4. The standard InChI is InChI=1S/C18H22N2O2.ClH/c1-3-16(15-7-5-6-8-17(15)22-4-2)20-18(21)13-9-11-14(19)12-10-13;/h5-12,16H,3-4,19H2,1-2H3,(H,20,21);1H. The van der Waals surface area contributed by atoms with Crippen molar-refractivity contribution in [2.24, 2.45) is 0 Å². The number of rotatable bonds is 6. The molecule has 0 aromatic heterocycles. The van der Waals surface area contributed by atoms with E-state index in [0.29, 0.717) is 17.9 Å². The van der Waals surface area contributed by atoms with Crippen LogP contribution < -0.4 is 15.8 Å². The molecule has 0 spiro atoms. The van der Waals surface area contributed by atoms with E-state index in [1.165, 1.54) is 0 Å². The van der Waals surface area contributed by atoms with E-state index in [1.807, 2.05) is 38.1 Å². The molecule has 5 heteroatoms. The van der Waals surface area contributed by atoms with Crippen molar-refractivity contribution < 1.29 is 9.53 Å². The summed E-state index contributed by atoms with van der Waals surface area (Å²) in [5.74, 6) is 0.701. The zero-order chi connectivity index (χ0) is 15.9. The van der Waals surface area contributed by atoms with Crippen LogP contribution in [0.15, 0.2) is 48.5 Å². The van der Waals surface area contributed by atoms with Crippen molar-refractivity contribution in [2.45, 2.75) is 26.3 Å². The number of carbonyl (C=O) groups is 1. The number of amides is 1. The van der Waals surface area contributed by atoms with E-state index < -0.39 is 0 Å². The quantitative estimate of drug-likeness (QED) is 0.785. The van der Waals surface area contributed by atoms with Crippen molar-refractivity contribution in [2.75, 3.05) is 12.3 Å². The molecule has 124 valence electrons. The predicted molar refractivity (Wildman–Crippen MR) is 96.2 cm³/mol. The lowest BCUT2D eigenvalue weighted by Crippen LogP contribution is -2.28. The number of carbonyl (C=O) groups excluding carboxylic acids is 1. The molecule has 0 saturated heterocycles. The van der Waals surface area contributed by atoms with E-state index in [1.54, 1.807) is 24.3 Å². The van der Waals surface area contributed by atoms with Gasteiger partial charge >= 0.3 is 0 Å². The number of benzene rings is 2. The molecule has 0 fully saturated rings. The first kappa shape index (κ1) is 18.8. The minimum Gasteiger partial charge on any atom is -0.494 e. The monoisotopic (exact) mass is 334 g/mol. The lowest BCUT2D eigenvalue weighted by atomic mass is 10.0. The minimum absolute atomic E-state index is 0. The number of halogens is 1. The molecular formula is C18H23ClN2O2. The number of para-hydroxylation sites is 1. The van der Waals surface area contributed by atoms with E-state index in [2.05, 4.69) is 5.32 Å². The number of hydrogen-bond acceptors (Lipinski definition) is 3. The fraction of sp³-hybridized carbons (Fsp3) is 0.278. The molecule has 23 heavy (non-hydrogen) atoms. The van der Waals surface area contributed by atoms with Gasteiger partial charge in [-0.05, 0) is 43.7 Å². The molecule has 2 rings (SSSR count). The molecule has 1 unspecified atom stereocenters. The lowest BCUT2D eigenvalue weighted by molar-refractivity contribution is 0.0935. The van der Waals surface area contributed by atoms with Gasteiger partial charge in [-0.25, -0.2) is 0 Å². The maximum absolute atomic E-state index is 12.4. The van der Waals surface area contributed by atoms with Crippen LogP contribution in [-0.2, 0) is 0 Å². The first-order valence-electron chi connectivity index (χ1n) is 7.53. The second-order valence-corrected chi connectivity index (χ2v) is 5.03. The van der Waals surface area contributed by atoms with Gasteiger partial charge in [0.25, 0.3) is 5.91 Å². The molecule has 0 aliphatic carbocycles. The highest BCUT2D eigenvalue weighted by Gasteiger charge is 2.17. The van der Waals surface area contributed by atoms with E-state index in [-0.39, 0.29) is 24.4 Å². The third-order valence-electron chi connectivity index (χ3n) is 3.48. The molecule has 0 aliphatic rings. The van der Waals surface area contributed by atoms with Crippen LogP contribution in [-0.4, -0.2) is 12.5 Å². The van der Waals surface area contributed by atoms with Crippen LogP contribution in [0.1, 0.15) is 42.2 Å². The Hall–Kier alpha value is -2.20. The predicted octanol–water partition coefficient (Wildman–Crippen LogP) is 3.97. The summed E-state index contributed by atoms with van der Waals surface area (Å²) in [5.41, 5.74) is 7.89. The van der Waals surface area contributed by atoms with Crippen molar-refractivity contribution in [3.8, 4) is 5.75 Å². The number of nitrogens with one attached hydrogen (secondary N) is 1. The average Bonchev–Trinajstić information content (AvgIpc) is 2.54. The van der Waals surface area contributed by atoms with Crippen LogP contribution >= 0.6 is 12.4 Å². The molecule has 0 radical (unpaired) electrons. The summed E-state index contributed by atoms with van der Waals surface area (Å²) < 4.78 is 5.65. The molecule has 3 N–H and O–H groups in total. The molecule has 1 atom stereocenters. The molecule has 0 bridgehead atoms. The van der Waals surface area contributed by atoms with Crippen molar-refractivity contribution in [3.63, 3.8) is 0 Å². The third kappa shape index (κ3) is 4.89. The summed E-state index contributed by atoms with van der Waals surface area (Å²) in [6.45, 7) is 4.58. The normalized spacial score (nSPS) is 11.2. The van der Waals surface area contributed by atoms with Crippen LogP contribution in [0.3, 0.4) is 0 Å². The van der Waals surface area contributed by atoms with Gasteiger partial charge in [-0.2, -0.15) is 0 Å². The highest BCUT2D eigenvalue weighted by molar-refractivity contribution is 5.94. The Balaban J connectivity index is 0.00000264. The van der Waals surface area contributed by atoms with Gasteiger partial charge in [0.2, 0.25) is 0 Å². The summed E-state index contributed by atoms with van der Waals surface area (Å²) in [6.07, 6.45) is 0.783. The second kappa shape index (κ2) is 9.06. The first-order chi connectivity index (χ1) is 10.7. The Morgan fingerprint density at radius 3 is 2.39 bits per heavy atom. The van der Waals surface area contributed by atoms with Crippen LogP contribution in [0.5, 0.6) is 5.75 Å². The van der Waals surface area contributed by atoms with Gasteiger partial charge < -0.3 is 15.8 Å². The van der Waals surface area contributed by atoms with Crippen molar-refractivity contribution in [1.29, 1.82) is 0 Å². The van der Waals surface area contributed by atoms with E-state index >= 15 is 0 Å².